The fraction of sp³-hybridized carbons (Fsp3) is 0.350. The molecule has 25 heavy (non-hydrogen) atoms. The van der Waals surface area contributed by atoms with E-state index in [-0.39, 0.29) is 11.9 Å². The molecular weight excluding hydrogens is 332 g/mol. The molecule has 132 valence electrons. The number of benzene rings is 2. The molecule has 1 aliphatic heterocycles. The average Bonchev–Trinajstić information content (AvgIpc) is 3.12. The van der Waals surface area contributed by atoms with Crippen LogP contribution < -0.4 is 10.1 Å². The van der Waals surface area contributed by atoms with Crippen molar-refractivity contribution in [3.05, 3.63) is 54.6 Å². The number of thioether (sulfide) groups is 1. The first-order chi connectivity index (χ1) is 12.3. The van der Waals surface area contributed by atoms with Gasteiger partial charge in [-0.2, -0.15) is 0 Å². The Balaban J connectivity index is 1.50. The minimum Gasteiger partial charge on any atom is -0.497 e. The molecule has 2 aromatic rings. The van der Waals surface area contributed by atoms with Crippen molar-refractivity contribution in [3.8, 4) is 5.75 Å². The number of likely N-dealkylation sites (tertiary alicyclic amines) is 1. The van der Waals surface area contributed by atoms with E-state index in [1.54, 1.807) is 7.11 Å². The van der Waals surface area contributed by atoms with Gasteiger partial charge in [-0.1, -0.05) is 18.2 Å². The van der Waals surface area contributed by atoms with E-state index < -0.39 is 0 Å². The van der Waals surface area contributed by atoms with Crippen LogP contribution in [0.15, 0.2) is 59.5 Å². The number of carbonyl (C=O) groups excluding carboxylic acids is 1. The molecule has 5 heteroatoms. The third kappa shape index (κ3) is 5.00. The van der Waals surface area contributed by atoms with Gasteiger partial charge >= 0.3 is 0 Å². The fourth-order valence-corrected chi connectivity index (χ4v) is 4.00. The molecule has 1 N–H and O–H groups in total. The van der Waals surface area contributed by atoms with Gasteiger partial charge in [0.25, 0.3) is 0 Å². The Labute approximate surface area is 153 Å². The highest BCUT2D eigenvalue weighted by Crippen LogP contribution is 2.23. The zero-order valence-corrected chi connectivity index (χ0v) is 15.3. The largest absolute Gasteiger partial charge is 0.497 e. The fourth-order valence-electron chi connectivity index (χ4n) is 3.09. The number of hydrogen-bond donors (Lipinski definition) is 1. The van der Waals surface area contributed by atoms with Crippen LogP contribution >= 0.6 is 11.8 Å². The number of nitrogens with one attached hydrogen (secondary N) is 1. The first-order valence-electron chi connectivity index (χ1n) is 8.63. The van der Waals surface area contributed by atoms with Gasteiger partial charge in [0.15, 0.2) is 0 Å². The lowest BCUT2D eigenvalue weighted by molar-refractivity contribution is -0.120. The number of carbonyl (C=O) groups is 1. The van der Waals surface area contributed by atoms with Gasteiger partial charge in [-0.15, -0.1) is 11.8 Å². The molecule has 2 aromatic carbocycles. The number of hydrogen-bond acceptors (Lipinski definition) is 4. The SMILES string of the molecule is COc1ccc(NC(=O)C2CCCN2CCSc2ccccc2)cc1. The number of anilines is 1. The van der Waals surface area contributed by atoms with Gasteiger partial charge in [0.05, 0.1) is 13.2 Å². The van der Waals surface area contributed by atoms with Crippen LogP contribution in [-0.4, -0.2) is 42.8 Å². The molecule has 1 heterocycles. The Morgan fingerprint density at radius 3 is 2.68 bits per heavy atom. The Morgan fingerprint density at radius 2 is 1.96 bits per heavy atom. The van der Waals surface area contributed by atoms with Crippen molar-refractivity contribution in [2.75, 3.05) is 31.3 Å². The summed E-state index contributed by atoms with van der Waals surface area (Å²) in [5.41, 5.74) is 0.816. The monoisotopic (exact) mass is 356 g/mol. The number of nitrogens with zero attached hydrogens (tertiary/aromatic N) is 1. The minimum absolute atomic E-state index is 0.0292. The summed E-state index contributed by atoms with van der Waals surface area (Å²) < 4.78 is 5.15. The van der Waals surface area contributed by atoms with Crippen LogP contribution in [0.1, 0.15) is 12.8 Å². The number of methoxy groups -OCH3 is 1. The third-order valence-corrected chi connectivity index (χ3v) is 5.41. The lowest BCUT2D eigenvalue weighted by atomic mass is 10.2. The number of amides is 1. The smallest absolute Gasteiger partial charge is 0.241 e. The Hall–Kier alpha value is -1.98. The predicted molar refractivity (Wildman–Crippen MR) is 103 cm³/mol. The zero-order chi connectivity index (χ0) is 17.5. The van der Waals surface area contributed by atoms with Crippen LogP contribution in [0, 0.1) is 0 Å². The lowest BCUT2D eigenvalue weighted by Gasteiger charge is -2.23. The van der Waals surface area contributed by atoms with E-state index in [9.17, 15) is 4.79 Å². The van der Waals surface area contributed by atoms with E-state index in [4.69, 9.17) is 4.74 Å². The molecule has 0 saturated carbocycles. The molecule has 1 aliphatic rings. The average molecular weight is 356 g/mol. The van der Waals surface area contributed by atoms with Crippen molar-refractivity contribution < 1.29 is 9.53 Å². The number of rotatable bonds is 7. The van der Waals surface area contributed by atoms with Gasteiger partial charge in [-0.25, -0.2) is 0 Å². The van der Waals surface area contributed by atoms with E-state index in [1.807, 2.05) is 42.1 Å². The summed E-state index contributed by atoms with van der Waals surface area (Å²) in [6.07, 6.45) is 2.01. The lowest BCUT2D eigenvalue weighted by Crippen LogP contribution is -2.40. The molecule has 1 atom stereocenters. The highest BCUT2D eigenvalue weighted by atomic mass is 32.2. The molecule has 4 nitrogen and oxygen atoms in total. The van der Waals surface area contributed by atoms with Crippen molar-refractivity contribution >= 4 is 23.4 Å². The van der Waals surface area contributed by atoms with Crippen molar-refractivity contribution in [1.29, 1.82) is 0 Å². The molecule has 0 bridgehead atoms. The standard InChI is InChI=1S/C20H24N2O2S/c1-24-17-11-9-16(10-12-17)21-20(23)19-8-5-13-22(19)14-15-25-18-6-3-2-4-7-18/h2-4,6-7,9-12,19H,5,8,13-15H2,1H3,(H,21,23). The topological polar surface area (TPSA) is 41.6 Å². The van der Waals surface area contributed by atoms with Crippen LogP contribution in [0.3, 0.4) is 0 Å². The Kier molecular flexibility index (Phi) is 6.36. The predicted octanol–water partition coefficient (Wildman–Crippen LogP) is 3.89. The molecule has 1 saturated heterocycles. The quantitative estimate of drug-likeness (QED) is 0.764. The van der Waals surface area contributed by atoms with Gasteiger partial charge in [-0.3, -0.25) is 9.69 Å². The Morgan fingerprint density at radius 1 is 1.20 bits per heavy atom. The van der Waals surface area contributed by atoms with Crippen LogP contribution in [0.4, 0.5) is 5.69 Å². The molecule has 0 radical (unpaired) electrons. The maximum Gasteiger partial charge on any atom is 0.241 e. The molecule has 1 fully saturated rings. The van der Waals surface area contributed by atoms with E-state index >= 15 is 0 Å². The summed E-state index contributed by atoms with van der Waals surface area (Å²) in [6, 6.07) is 17.8. The molecule has 0 aliphatic carbocycles. The second kappa shape index (κ2) is 8.92. The van der Waals surface area contributed by atoms with E-state index in [0.29, 0.717) is 0 Å². The van der Waals surface area contributed by atoms with Crippen LogP contribution in [0.25, 0.3) is 0 Å². The van der Waals surface area contributed by atoms with E-state index in [2.05, 4.69) is 34.5 Å². The van der Waals surface area contributed by atoms with Crippen molar-refractivity contribution in [2.24, 2.45) is 0 Å². The van der Waals surface area contributed by atoms with Crippen LogP contribution in [0.5, 0.6) is 5.75 Å². The second-order valence-corrected chi connectivity index (χ2v) is 7.24. The minimum atomic E-state index is -0.0292. The molecular formula is C20H24N2O2S. The second-order valence-electron chi connectivity index (χ2n) is 6.07. The molecule has 1 unspecified atom stereocenters. The van der Waals surface area contributed by atoms with Crippen LogP contribution in [0.2, 0.25) is 0 Å². The van der Waals surface area contributed by atoms with Crippen molar-refractivity contribution in [3.63, 3.8) is 0 Å². The molecule has 1 amide bonds. The van der Waals surface area contributed by atoms with Crippen molar-refractivity contribution in [1.82, 2.24) is 4.90 Å². The summed E-state index contributed by atoms with van der Waals surface area (Å²) >= 11 is 1.84. The number of ether oxygens (including phenoxy) is 1. The zero-order valence-electron chi connectivity index (χ0n) is 14.5. The maximum absolute atomic E-state index is 12.6. The Bertz CT molecular complexity index is 676. The van der Waals surface area contributed by atoms with Gasteiger partial charge in [-0.05, 0) is 55.8 Å². The first kappa shape index (κ1) is 17.8. The molecule has 3 rings (SSSR count). The van der Waals surface area contributed by atoms with Crippen LogP contribution in [-0.2, 0) is 4.79 Å². The normalized spacial score (nSPS) is 17.4. The summed E-state index contributed by atoms with van der Waals surface area (Å²) in [4.78, 5) is 16.2. The van der Waals surface area contributed by atoms with E-state index in [0.717, 1.165) is 43.1 Å². The molecule has 0 spiro atoms. The highest BCUT2D eigenvalue weighted by molar-refractivity contribution is 7.99. The molecule has 0 aromatic heterocycles. The first-order valence-corrected chi connectivity index (χ1v) is 9.61. The third-order valence-electron chi connectivity index (χ3n) is 4.41. The summed E-state index contributed by atoms with van der Waals surface area (Å²) in [6.45, 7) is 1.93. The summed E-state index contributed by atoms with van der Waals surface area (Å²) in [5, 5.41) is 3.03. The van der Waals surface area contributed by atoms with Gasteiger partial charge < -0.3 is 10.1 Å². The van der Waals surface area contributed by atoms with E-state index in [1.165, 1.54) is 4.90 Å². The van der Waals surface area contributed by atoms with Gasteiger partial charge in [0.2, 0.25) is 5.91 Å². The maximum atomic E-state index is 12.6. The highest BCUT2D eigenvalue weighted by Gasteiger charge is 2.30. The van der Waals surface area contributed by atoms with Gasteiger partial charge in [0, 0.05) is 22.9 Å². The van der Waals surface area contributed by atoms with Crippen molar-refractivity contribution in [2.45, 2.75) is 23.8 Å². The van der Waals surface area contributed by atoms with Gasteiger partial charge in [0.1, 0.15) is 5.75 Å². The summed E-state index contributed by atoms with van der Waals surface area (Å²) in [5.74, 6) is 1.88. The summed E-state index contributed by atoms with van der Waals surface area (Å²) in [7, 11) is 1.64.